The average Bonchev–Trinajstić information content (AvgIpc) is 2.97. The van der Waals surface area contributed by atoms with E-state index < -0.39 is 0 Å². The Hall–Kier alpha value is -1.42. The minimum atomic E-state index is -0.294. The molecule has 78 valence electrons. The fourth-order valence-corrected chi connectivity index (χ4v) is 1.85. The maximum Gasteiger partial charge on any atom is 0.151 e. The lowest BCUT2D eigenvalue weighted by molar-refractivity contribution is 0.600. The second-order valence-corrected chi connectivity index (χ2v) is 4.12. The van der Waals surface area contributed by atoms with Crippen LogP contribution in [0.1, 0.15) is 24.7 Å². The van der Waals surface area contributed by atoms with Gasteiger partial charge in [0.2, 0.25) is 0 Å². The summed E-state index contributed by atoms with van der Waals surface area (Å²) in [5, 5.41) is 0. The van der Waals surface area contributed by atoms with Crippen molar-refractivity contribution in [3.63, 3.8) is 0 Å². The summed E-state index contributed by atoms with van der Waals surface area (Å²) in [6.07, 6.45) is 2.31. The van der Waals surface area contributed by atoms with Crippen LogP contribution in [0.4, 0.5) is 4.39 Å². The van der Waals surface area contributed by atoms with Gasteiger partial charge < -0.3 is 10.7 Å². The van der Waals surface area contributed by atoms with Crippen molar-refractivity contribution in [1.29, 1.82) is 0 Å². The Labute approximate surface area is 86.5 Å². The van der Waals surface area contributed by atoms with Crippen molar-refractivity contribution in [2.75, 3.05) is 0 Å². The summed E-state index contributed by atoms with van der Waals surface area (Å²) in [5.74, 6) is 0.934. The largest absolute Gasteiger partial charge is 0.341 e. The Morgan fingerprint density at radius 1 is 1.47 bits per heavy atom. The van der Waals surface area contributed by atoms with Gasteiger partial charge in [-0.2, -0.15) is 0 Å². The van der Waals surface area contributed by atoms with Gasteiger partial charge in [-0.15, -0.1) is 0 Å². The topological polar surface area (TPSA) is 54.7 Å². The Balaban J connectivity index is 2.09. The molecular formula is C11H12FN3. The van der Waals surface area contributed by atoms with Crippen molar-refractivity contribution in [3.8, 4) is 0 Å². The first-order valence-electron chi connectivity index (χ1n) is 5.15. The third-order valence-electron chi connectivity index (χ3n) is 2.93. The van der Waals surface area contributed by atoms with E-state index in [1.165, 1.54) is 6.07 Å². The number of nitrogens with one attached hydrogen (secondary N) is 1. The van der Waals surface area contributed by atoms with Crippen LogP contribution >= 0.6 is 0 Å². The number of aromatic nitrogens is 2. The molecule has 1 fully saturated rings. The molecule has 1 aliphatic carbocycles. The molecule has 1 aromatic carbocycles. The second-order valence-electron chi connectivity index (χ2n) is 4.12. The van der Waals surface area contributed by atoms with Crippen molar-refractivity contribution in [2.45, 2.75) is 18.9 Å². The molecule has 3 rings (SSSR count). The molecule has 1 aliphatic rings. The van der Waals surface area contributed by atoms with Gasteiger partial charge in [0.05, 0.1) is 11.6 Å². The van der Waals surface area contributed by atoms with E-state index in [-0.39, 0.29) is 11.9 Å². The van der Waals surface area contributed by atoms with Crippen LogP contribution in [0.5, 0.6) is 0 Å². The summed E-state index contributed by atoms with van der Waals surface area (Å²) in [5.41, 5.74) is 7.11. The zero-order valence-electron chi connectivity index (χ0n) is 8.20. The highest BCUT2D eigenvalue weighted by molar-refractivity contribution is 5.75. The third-order valence-corrected chi connectivity index (χ3v) is 2.93. The number of fused-ring (bicyclic) bond motifs is 1. The highest BCUT2D eigenvalue weighted by atomic mass is 19.1. The molecule has 15 heavy (non-hydrogen) atoms. The average molecular weight is 205 g/mol. The summed E-state index contributed by atoms with van der Waals surface area (Å²) < 4.78 is 13.4. The van der Waals surface area contributed by atoms with Crippen molar-refractivity contribution >= 4 is 11.0 Å². The molecular weight excluding hydrogens is 193 g/mol. The normalized spacial score (nSPS) is 18.3. The number of hydrogen-bond acceptors (Lipinski definition) is 2. The fraction of sp³-hybridized carbons (Fsp3) is 0.364. The molecule has 4 heteroatoms. The molecule has 0 saturated heterocycles. The highest BCUT2D eigenvalue weighted by Gasteiger charge is 2.31. The lowest BCUT2D eigenvalue weighted by Gasteiger charge is -2.04. The number of H-pyrrole nitrogens is 1. The number of hydrogen-bond donors (Lipinski definition) is 2. The molecule has 2 aromatic rings. The lowest BCUT2D eigenvalue weighted by Crippen LogP contribution is -2.13. The van der Waals surface area contributed by atoms with Crippen molar-refractivity contribution in [1.82, 2.24) is 9.97 Å². The molecule has 1 saturated carbocycles. The lowest BCUT2D eigenvalue weighted by atomic mass is 10.2. The molecule has 0 aliphatic heterocycles. The van der Waals surface area contributed by atoms with E-state index >= 15 is 0 Å². The first kappa shape index (κ1) is 8.85. The van der Waals surface area contributed by atoms with E-state index in [1.54, 1.807) is 6.07 Å². The first-order valence-corrected chi connectivity index (χ1v) is 5.15. The summed E-state index contributed by atoms with van der Waals surface area (Å²) in [4.78, 5) is 7.30. The molecule has 1 heterocycles. The maximum absolute atomic E-state index is 13.4. The van der Waals surface area contributed by atoms with Crippen LogP contribution < -0.4 is 5.73 Å². The second kappa shape index (κ2) is 3.03. The molecule has 1 unspecified atom stereocenters. The molecule has 0 amide bonds. The third kappa shape index (κ3) is 1.41. The maximum atomic E-state index is 13.4. The zero-order valence-corrected chi connectivity index (χ0v) is 8.20. The van der Waals surface area contributed by atoms with E-state index in [9.17, 15) is 4.39 Å². The smallest absolute Gasteiger partial charge is 0.151 e. The van der Waals surface area contributed by atoms with E-state index in [0.717, 1.165) is 18.4 Å². The van der Waals surface area contributed by atoms with Gasteiger partial charge in [-0.25, -0.2) is 9.37 Å². The van der Waals surface area contributed by atoms with Crippen LogP contribution in [0.2, 0.25) is 0 Å². The van der Waals surface area contributed by atoms with Gasteiger partial charge in [-0.3, -0.25) is 0 Å². The standard InChI is InChI=1S/C11H12FN3/c12-7-2-1-3-8-10(7)15-11(14-8)9(13)6-4-5-6/h1-3,6,9H,4-5,13H2,(H,14,15). The van der Waals surface area contributed by atoms with Gasteiger partial charge in [-0.1, -0.05) is 6.07 Å². The van der Waals surface area contributed by atoms with Gasteiger partial charge >= 0.3 is 0 Å². The Bertz CT molecular complexity index is 502. The van der Waals surface area contributed by atoms with Crippen LogP contribution in [0.15, 0.2) is 18.2 Å². The number of rotatable bonds is 2. The predicted molar refractivity (Wildman–Crippen MR) is 55.7 cm³/mol. The van der Waals surface area contributed by atoms with Crippen molar-refractivity contribution < 1.29 is 4.39 Å². The van der Waals surface area contributed by atoms with Gasteiger partial charge in [0, 0.05) is 0 Å². The van der Waals surface area contributed by atoms with Crippen molar-refractivity contribution in [3.05, 3.63) is 29.8 Å². The molecule has 1 atom stereocenters. The van der Waals surface area contributed by atoms with Gasteiger partial charge in [0.25, 0.3) is 0 Å². The van der Waals surface area contributed by atoms with E-state index in [0.29, 0.717) is 17.3 Å². The minimum absolute atomic E-state index is 0.0724. The van der Waals surface area contributed by atoms with Gasteiger partial charge in [0.15, 0.2) is 5.82 Å². The molecule has 1 aromatic heterocycles. The number of nitrogens with two attached hydrogens (primary N) is 1. The van der Waals surface area contributed by atoms with E-state index in [4.69, 9.17) is 5.73 Å². The predicted octanol–water partition coefficient (Wildman–Crippen LogP) is 2.11. The van der Waals surface area contributed by atoms with Crippen molar-refractivity contribution in [2.24, 2.45) is 11.7 Å². The number of benzene rings is 1. The van der Waals surface area contributed by atoms with Crippen LogP contribution in [0.25, 0.3) is 11.0 Å². The molecule has 0 bridgehead atoms. The van der Waals surface area contributed by atoms with Crippen LogP contribution in [-0.2, 0) is 0 Å². The Morgan fingerprint density at radius 2 is 2.27 bits per heavy atom. The SMILES string of the molecule is NC(c1nc2c(F)cccc2[nH]1)C1CC1. The fourth-order valence-electron chi connectivity index (χ4n) is 1.85. The number of para-hydroxylation sites is 1. The summed E-state index contributed by atoms with van der Waals surface area (Å²) >= 11 is 0. The molecule has 3 N–H and O–H groups in total. The quantitative estimate of drug-likeness (QED) is 0.788. The van der Waals surface area contributed by atoms with E-state index in [2.05, 4.69) is 9.97 Å². The minimum Gasteiger partial charge on any atom is -0.341 e. The molecule has 0 radical (unpaired) electrons. The Kier molecular flexibility index (Phi) is 1.79. The van der Waals surface area contributed by atoms with E-state index in [1.807, 2.05) is 6.07 Å². The summed E-state index contributed by atoms with van der Waals surface area (Å²) in [6.45, 7) is 0. The summed E-state index contributed by atoms with van der Waals surface area (Å²) in [7, 11) is 0. The van der Waals surface area contributed by atoms with Crippen LogP contribution in [-0.4, -0.2) is 9.97 Å². The zero-order chi connectivity index (χ0) is 10.4. The van der Waals surface area contributed by atoms with Gasteiger partial charge in [-0.05, 0) is 30.9 Å². The summed E-state index contributed by atoms with van der Waals surface area (Å²) in [6, 6.07) is 4.82. The molecule has 0 spiro atoms. The number of aromatic amines is 1. The highest BCUT2D eigenvalue weighted by Crippen LogP contribution is 2.38. The van der Waals surface area contributed by atoms with Crippen LogP contribution in [0, 0.1) is 11.7 Å². The monoisotopic (exact) mass is 205 g/mol. The molecule has 3 nitrogen and oxygen atoms in total. The van der Waals surface area contributed by atoms with Crippen LogP contribution in [0.3, 0.4) is 0 Å². The number of imidazole rings is 1. The first-order chi connectivity index (χ1) is 7.25. The number of nitrogens with zero attached hydrogens (tertiary/aromatic N) is 1. The Morgan fingerprint density at radius 3 is 2.93 bits per heavy atom. The van der Waals surface area contributed by atoms with Gasteiger partial charge in [0.1, 0.15) is 11.3 Å². The number of halogens is 1.